The third kappa shape index (κ3) is 1.74. The summed E-state index contributed by atoms with van der Waals surface area (Å²) in [6.45, 7) is 1.42. The smallest absolute Gasteiger partial charge is 0.302 e. The van der Waals surface area contributed by atoms with E-state index in [-0.39, 0.29) is 24.0 Å². The minimum Gasteiger partial charge on any atom is -0.460 e. The third-order valence-electron chi connectivity index (χ3n) is 3.06. The number of amides is 1. The average Bonchev–Trinajstić information content (AvgIpc) is 2.45. The molecule has 1 saturated heterocycles. The van der Waals surface area contributed by atoms with Gasteiger partial charge in [0.25, 0.3) is 0 Å². The molecule has 1 N–H and O–H groups in total. The molecule has 1 aliphatic carbocycles. The normalized spacial score (nSPS) is 36.1. The molecule has 3 atom stereocenters. The molecule has 4 nitrogen and oxygen atoms in total. The standard InChI is InChI=1S/C10H15NO3/c1-6(12)14-8-4-2-3-7-5-9(13)11-10(7)8/h7-8,10H,2-5H2,1H3,(H,11,13)/t7-,8-,10-/m1/s1. The number of ether oxygens (including phenoxy) is 1. The van der Waals surface area contributed by atoms with Crippen LogP contribution >= 0.6 is 0 Å². The molecule has 2 rings (SSSR count). The summed E-state index contributed by atoms with van der Waals surface area (Å²) in [4.78, 5) is 22.0. The number of hydrogen-bond acceptors (Lipinski definition) is 3. The lowest BCUT2D eigenvalue weighted by atomic mass is 9.83. The summed E-state index contributed by atoms with van der Waals surface area (Å²) < 4.78 is 5.20. The molecule has 78 valence electrons. The second-order valence-electron chi connectivity index (χ2n) is 4.14. The van der Waals surface area contributed by atoms with Crippen LogP contribution in [0.2, 0.25) is 0 Å². The number of esters is 1. The molecule has 0 aromatic rings. The Morgan fingerprint density at radius 3 is 3.00 bits per heavy atom. The SMILES string of the molecule is CC(=O)O[C@@H]1CCC[C@@H]2CC(=O)N[C@H]21. The molecular formula is C10H15NO3. The van der Waals surface area contributed by atoms with Gasteiger partial charge < -0.3 is 10.1 Å². The van der Waals surface area contributed by atoms with E-state index in [9.17, 15) is 9.59 Å². The highest BCUT2D eigenvalue weighted by Crippen LogP contribution is 2.32. The molecule has 1 saturated carbocycles. The van der Waals surface area contributed by atoms with Crippen molar-refractivity contribution >= 4 is 11.9 Å². The molecule has 0 bridgehead atoms. The van der Waals surface area contributed by atoms with Crippen LogP contribution in [0.4, 0.5) is 0 Å². The Hall–Kier alpha value is -1.06. The summed E-state index contributed by atoms with van der Waals surface area (Å²) in [6.07, 6.45) is 3.50. The van der Waals surface area contributed by atoms with Gasteiger partial charge in [-0.2, -0.15) is 0 Å². The van der Waals surface area contributed by atoms with Gasteiger partial charge in [-0.25, -0.2) is 0 Å². The topological polar surface area (TPSA) is 55.4 Å². The Labute approximate surface area is 83.0 Å². The van der Waals surface area contributed by atoms with Crippen molar-refractivity contribution in [1.82, 2.24) is 5.32 Å². The molecule has 0 aromatic heterocycles. The molecule has 1 amide bonds. The number of carbonyl (C=O) groups excluding carboxylic acids is 2. The third-order valence-corrected chi connectivity index (χ3v) is 3.06. The van der Waals surface area contributed by atoms with Gasteiger partial charge in [-0.15, -0.1) is 0 Å². The van der Waals surface area contributed by atoms with Gasteiger partial charge in [-0.3, -0.25) is 9.59 Å². The Kier molecular flexibility index (Phi) is 2.44. The molecule has 2 aliphatic rings. The van der Waals surface area contributed by atoms with Gasteiger partial charge in [0.2, 0.25) is 5.91 Å². The number of nitrogens with one attached hydrogen (secondary N) is 1. The molecule has 0 aromatic carbocycles. The van der Waals surface area contributed by atoms with Crippen LogP contribution in [-0.2, 0) is 14.3 Å². The van der Waals surface area contributed by atoms with E-state index < -0.39 is 0 Å². The zero-order chi connectivity index (χ0) is 10.1. The van der Waals surface area contributed by atoms with Crippen molar-refractivity contribution in [3.8, 4) is 0 Å². The predicted molar refractivity (Wildman–Crippen MR) is 49.4 cm³/mol. The highest BCUT2D eigenvalue weighted by Gasteiger charge is 2.41. The summed E-state index contributed by atoms with van der Waals surface area (Å²) >= 11 is 0. The molecule has 0 unspecified atom stereocenters. The van der Waals surface area contributed by atoms with Crippen LogP contribution < -0.4 is 5.32 Å². The van der Waals surface area contributed by atoms with E-state index >= 15 is 0 Å². The molecule has 4 heteroatoms. The number of fused-ring (bicyclic) bond motifs is 1. The van der Waals surface area contributed by atoms with E-state index in [0.717, 1.165) is 19.3 Å². The first-order chi connectivity index (χ1) is 6.66. The average molecular weight is 197 g/mol. The Balaban J connectivity index is 2.03. The van der Waals surface area contributed by atoms with Crippen molar-refractivity contribution in [1.29, 1.82) is 0 Å². The monoisotopic (exact) mass is 197 g/mol. The molecule has 1 heterocycles. The van der Waals surface area contributed by atoms with E-state index in [1.165, 1.54) is 6.92 Å². The van der Waals surface area contributed by atoms with Crippen LogP contribution in [0.3, 0.4) is 0 Å². The fourth-order valence-corrected chi connectivity index (χ4v) is 2.51. The lowest BCUT2D eigenvalue weighted by Crippen LogP contribution is -2.45. The fourth-order valence-electron chi connectivity index (χ4n) is 2.51. The van der Waals surface area contributed by atoms with Crippen molar-refractivity contribution in [3.63, 3.8) is 0 Å². The number of hydrogen-bond donors (Lipinski definition) is 1. The molecule has 14 heavy (non-hydrogen) atoms. The van der Waals surface area contributed by atoms with Gasteiger partial charge >= 0.3 is 5.97 Å². The van der Waals surface area contributed by atoms with E-state index in [1.54, 1.807) is 0 Å². The minimum absolute atomic E-state index is 0.0696. The summed E-state index contributed by atoms with van der Waals surface area (Å²) in [7, 11) is 0. The molecule has 2 fully saturated rings. The molecule has 0 radical (unpaired) electrons. The van der Waals surface area contributed by atoms with E-state index in [1.807, 2.05) is 0 Å². The lowest BCUT2D eigenvalue weighted by molar-refractivity contribution is -0.150. The Morgan fingerprint density at radius 2 is 2.29 bits per heavy atom. The van der Waals surface area contributed by atoms with Crippen molar-refractivity contribution in [3.05, 3.63) is 0 Å². The maximum atomic E-state index is 11.2. The first kappa shape index (κ1) is 9.49. The van der Waals surface area contributed by atoms with Gasteiger partial charge in [0, 0.05) is 13.3 Å². The maximum Gasteiger partial charge on any atom is 0.302 e. The highest BCUT2D eigenvalue weighted by atomic mass is 16.5. The van der Waals surface area contributed by atoms with Crippen LogP contribution in [0.1, 0.15) is 32.6 Å². The summed E-state index contributed by atoms with van der Waals surface area (Å²) in [5.74, 6) is 0.219. The van der Waals surface area contributed by atoms with Crippen molar-refractivity contribution < 1.29 is 14.3 Å². The van der Waals surface area contributed by atoms with Crippen LogP contribution in [0, 0.1) is 5.92 Å². The quantitative estimate of drug-likeness (QED) is 0.626. The zero-order valence-corrected chi connectivity index (χ0v) is 8.29. The zero-order valence-electron chi connectivity index (χ0n) is 8.29. The first-order valence-electron chi connectivity index (χ1n) is 5.13. The van der Waals surface area contributed by atoms with E-state index in [2.05, 4.69) is 5.32 Å². The molecule has 0 spiro atoms. The largest absolute Gasteiger partial charge is 0.460 e. The Bertz CT molecular complexity index is 264. The van der Waals surface area contributed by atoms with Crippen LogP contribution in [0.5, 0.6) is 0 Å². The van der Waals surface area contributed by atoms with Crippen LogP contribution in [0.15, 0.2) is 0 Å². The second kappa shape index (κ2) is 3.59. The maximum absolute atomic E-state index is 11.2. The van der Waals surface area contributed by atoms with Gasteiger partial charge in [0.05, 0.1) is 6.04 Å². The molecule has 1 aliphatic heterocycles. The van der Waals surface area contributed by atoms with Crippen molar-refractivity contribution in [2.75, 3.05) is 0 Å². The van der Waals surface area contributed by atoms with E-state index in [4.69, 9.17) is 4.74 Å². The number of carbonyl (C=O) groups is 2. The van der Waals surface area contributed by atoms with Crippen LogP contribution in [0.25, 0.3) is 0 Å². The Morgan fingerprint density at radius 1 is 1.50 bits per heavy atom. The second-order valence-corrected chi connectivity index (χ2v) is 4.14. The van der Waals surface area contributed by atoms with Gasteiger partial charge in [-0.05, 0) is 25.2 Å². The summed E-state index contributed by atoms with van der Waals surface area (Å²) in [6, 6.07) is 0.0696. The lowest BCUT2D eigenvalue weighted by Gasteiger charge is -2.32. The van der Waals surface area contributed by atoms with Gasteiger partial charge in [0.1, 0.15) is 6.10 Å². The highest BCUT2D eigenvalue weighted by molar-refractivity contribution is 5.79. The summed E-state index contributed by atoms with van der Waals surface area (Å²) in [5, 5.41) is 2.90. The number of rotatable bonds is 1. The summed E-state index contributed by atoms with van der Waals surface area (Å²) in [5.41, 5.74) is 0. The van der Waals surface area contributed by atoms with Crippen molar-refractivity contribution in [2.24, 2.45) is 5.92 Å². The first-order valence-corrected chi connectivity index (χ1v) is 5.13. The van der Waals surface area contributed by atoms with E-state index in [0.29, 0.717) is 12.3 Å². The molecular weight excluding hydrogens is 182 g/mol. The minimum atomic E-state index is -0.253. The van der Waals surface area contributed by atoms with Gasteiger partial charge in [-0.1, -0.05) is 0 Å². The predicted octanol–water partition coefficient (Wildman–Crippen LogP) is 0.607. The fraction of sp³-hybridized carbons (Fsp3) is 0.800. The van der Waals surface area contributed by atoms with Gasteiger partial charge in [0.15, 0.2) is 0 Å². The van der Waals surface area contributed by atoms with Crippen molar-refractivity contribution in [2.45, 2.75) is 44.8 Å². The van der Waals surface area contributed by atoms with Crippen LogP contribution in [-0.4, -0.2) is 24.0 Å².